The van der Waals surface area contributed by atoms with Crippen molar-refractivity contribution in [1.82, 2.24) is 14.8 Å². The third-order valence-electron chi connectivity index (χ3n) is 8.51. The molecule has 5 rings (SSSR count). The van der Waals surface area contributed by atoms with E-state index in [9.17, 15) is 23.2 Å². The lowest BCUT2D eigenvalue weighted by molar-refractivity contribution is -0.137. The number of benzene rings is 1. The molecule has 0 bridgehead atoms. The molecule has 1 amide bonds. The first-order chi connectivity index (χ1) is 20.0. The van der Waals surface area contributed by atoms with Crippen molar-refractivity contribution in [2.75, 3.05) is 56.2 Å². The number of ether oxygens (including phenoxy) is 1. The summed E-state index contributed by atoms with van der Waals surface area (Å²) in [6, 6.07) is 6.54. The molecule has 3 aliphatic heterocycles. The molecule has 12 heteroatoms. The summed E-state index contributed by atoms with van der Waals surface area (Å²) in [5.74, 6) is 0.0366. The summed E-state index contributed by atoms with van der Waals surface area (Å²) in [4.78, 5) is 24.8. The second-order valence-electron chi connectivity index (χ2n) is 11.1. The van der Waals surface area contributed by atoms with Crippen LogP contribution in [0.5, 0.6) is 5.88 Å². The van der Waals surface area contributed by atoms with Gasteiger partial charge in [0.1, 0.15) is 18.2 Å². The van der Waals surface area contributed by atoms with E-state index < -0.39 is 11.7 Å². The van der Waals surface area contributed by atoms with E-state index >= 15 is 0 Å². The molecule has 4 heterocycles. The number of rotatable bonds is 6. The first-order valence-corrected chi connectivity index (χ1v) is 14.5. The Bertz CT molecular complexity index is 1410. The van der Waals surface area contributed by atoms with Gasteiger partial charge in [0.05, 0.1) is 34.2 Å². The number of amides is 1. The fourth-order valence-electron chi connectivity index (χ4n) is 6.32. The van der Waals surface area contributed by atoms with Crippen LogP contribution in [0.1, 0.15) is 42.1 Å². The number of halogens is 4. The van der Waals surface area contributed by atoms with E-state index in [-0.39, 0.29) is 47.7 Å². The smallest absolute Gasteiger partial charge is 0.419 e. The zero-order chi connectivity index (χ0) is 30.2. The Morgan fingerprint density at radius 3 is 2.69 bits per heavy atom. The second-order valence-corrected chi connectivity index (χ2v) is 11.5. The summed E-state index contributed by atoms with van der Waals surface area (Å²) in [6.45, 7) is 8.65. The van der Waals surface area contributed by atoms with Crippen LogP contribution in [0.2, 0.25) is 5.02 Å². The number of aromatic nitrogens is 1. The third kappa shape index (κ3) is 5.75. The number of anilines is 2. The monoisotopic (exact) mass is 602 g/mol. The number of carbonyl (C=O) groups excluding carboxylic acids is 1. The lowest BCUT2D eigenvalue weighted by Gasteiger charge is -2.42. The quantitative estimate of drug-likeness (QED) is 0.436. The van der Waals surface area contributed by atoms with Crippen LogP contribution >= 0.6 is 11.6 Å². The van der Waals surface area contributed by atoms with Crippen molar-refractivity contribution in [2.24, 2.45) is 0 Å². The number of likely N-dealkylation sites (N-methyl/N-ethyl adjacent to an activating group) is 1. The summed E-state index contributed by atoms with van der Waals surface area (Å²) in [6.07, 6.45) is -0.928. The number of carbonyl (C=O) groups is 1. The molecule has 42 heavy (non-hydrogen) atoms. The van der Waals surface area contributed by atoms with E-state index in [0.29, 0.717) is 49.6 Å². The summed E-state index contributed by atoms with van der Waals surface area (Å²) >= 11 is 6.04. The predicted octanol–water partition coefficient (Wildman–Crippen LogP) is 4.88. The van der Waals surface area contributed by atoms with Crippen LogP contribution in [0.25, 0.3) is 0 Å². The number of fused-ring (bicyclic) bond motifs is 1. The van der Waals surface area contributed by atoms with Crippen molar-refractivity contribution >= 4 is 28.9 Å². The van der Waals surface area contributed by atoms with Crippen molar-refractivity contribution < 1.29 is 22.7 Å². The van der Waals surface area contributed by atoms with Crippen molar-refractivity contribution in [3.8, 4) is 11.9 Å². The second kappa shape index (κ2) is 12.0. The first kappa shape index (κ1) is 30.0. The van der Waals surface area contributed by atoms with Gasteiger partial charge in [-0.15, -0.1) is 0 Å². The number of hydrogen-bond donors (Lipinski definition) is 0. The molecule has 0 radical (unpaired) electrons. The van der Waals surface area contributed by atoms with Gasteiger partial charge in [-0.1, -0.05) is 24.2 Å². The van der Waals surface area contributed by atoms with E-state index in [0.717, 1.165) is 24.9 Å². The van der Waals surface area contributed by atoms with Gasteiger partial charge in [0.2, 0.25) is 11.8 Å². The maximum atomic E-state index is 14.0. The molecule has 2 saturated heterocycles. The fraction of sp³-hybridized carbons (Fsp3) is 0.500. The molecule has 2 fully saturated rings. The van der Waals surface area contributed by atoms with Crippen LogP contribution in [0.3, 0.4) is 0 Å². The maximum Gasteiger partial charge on any atom is 0.419 e. The standard InChI is InChI=1S/C30H34ClF3N6O2/c1-4-26(41)40-14-13-39(16-19(40)2)28-21-10-12-38(25-9-5-8-23(31)27(25)30(32,33)34)17-24(21)36-29(22(28)15-35)42-18-20-7-6-11-37(20)3/h4-5,8-9,19-20H,1,6-7,10-14,16-18H2,2-3H3/t19-,20+/m1/s1. The Balaban J connectivity index is 1.55. The zero-order valence-electron chi connectivity index (χ0n) is 23.8. The lowest BCUT2D eigenvalue weighted by atomic mass is 9.96. The molecule has 8 nitrogen and oxygen atoms in total. The van der Waals surface area contributed by atoms with Crippen LogP contribution in [0, 0.1) is 11.3 Å². The Hall–Kier alpha value is -3.49. The Labute approximate surface area is 248 Å². The molecule has 1 aromatic heterocycles. The van der Waals surface area contributed by atoms with E-state index in [1.807, 2.05) is 14.0 Å². The number of pyridine rings is 1. The van der Waals surface area contributed by atoms with E-state index in [1.54, 1.807) is 9.80 Å². The lowest BCUT2D eigenvalue weighted by Crippen LogP contribution is -2.54. The van der Waals surface area contributed by atoms with E-state index in [1.165, 1.54) is 24.3 Å². The van der Waals surface area contributed by atoms with Crippen LogP contribution < -0.4 is 14.5 Å². The first-order valence-electron chi connectivity index (χ1n) is 14.1. The molecule has 0 unspecified atom stereocenters. The highest BCUT2D eigenvalue weighted by atomic mass is 35.5. The fourth-order valence-corrected chi connectivity index (χ4v) is 6.60. The SMILES string of the molecule is C=CC(=O)N1CCN(c2c(C#N)c(OC[C@@H]3CCCN3C)nc3c2CCN(c2cccc(Cl)c2C(F)(F)F)C3)C[C@H]1C. The topological polar surface area (TPSA) is 75.9 Å². The minimum absolute atomic E-state index is 0.00594. The highest BCUT2D eigenvalue weighted by Crippen LogP contribution is 2.44. The number of nitriles is 1. The van der Waals surface area contributed by atoms with Crippen molar-refractivity contribution in [3.63, 3.8) is 0 Å². The molecule has 2 aromatic rings. The summed E-state index contributed by atoms with van der Waals surface area (Å²) < 4.78 is 48.3. The van der Waals surface area contributed by atoms with Gasteiger partial charge in [0.25, 0.3) is 0 Å². The molecule has 3 aliphatic rings. The van der Waals surface area contributed by atoms with Crippen molar-refractivity contribution in [2.45, 2.75) is 51.0 Å². The van der Waals surface area contributed by atoms with Crippen LogP contribution in [-0.4, -0.2) is 79.2 Å². The molecule has 0 N–H and O–H groups in total. The number of nitrogens with zero attached hydrogens (tertiary/aromatic N) is 6. The zero-order valence-corrected chi connectivity index (χ0v) is 24.5. The summed E-state index contributed by atoms with van der Waals surface area (Å²) in [7, 11) is 2.03. The van der Waals surface area contributed by atoms with Gasteiger partial charge >= 0.3 is 6.18 Å². The van der Waals surface area contributed by atoms with Gasteiger partial charge in [0, 0.05) is 43.8 Å². The van der Waals surface area contributed by atoms with Crippen LogP contribution in [0.15, 0.2) is 30.9 Å². The highest BCUT2D eigenvalue weighted by molar-refractivity contribution is 6.31. The van der Waals surface area contributed by atoms with Gasteiger partial charge in [-0.2, -0.15) is 18.4 Å². The van der Waals surface area contributed by atoms with Crippen LogP contribution in [0.4, 0.5) is 24.5 Å². The molecular weight excluding hydrogens is 569 g/mol. The molecule has 0 aliphatic carbocycles. The molecule has 224 valence electrons. The van der Waals surface area contributed by atoms with Gasteiger partial charge < -0.3 is 24.3 Å². The Morgan fingerprint density at radius 2 is 2.05 bits per heavy atom. The van der Waals surface area contributed by atoms with Gasteiger partial charge in [-0.3, -0.25) is 4.79 Å². The molecule has 2 atom stereocenters. The largest absolute Gasteiger partial charge is 0.475 e. The van der Waals surface area contributed by atoms with E-state index in [2.05, 4.69) is 22.4 Å². The Kier molecular flexibility index (Phi) is 8.58. The average molecular weight is 603 g/mol. The molecular formula is C30H34ClF3N6O2. The van der Waals surface area contributed by atoms with Crippen molar-refractivity contribution in [1.29, 1.82) is 5.26 Å². The normalized spacial score (nSPS) is 21.2. The molecule has 0 saturated carbocycles. The molecule has 1 aromatic carbocycles. The minimum Gasteiger partial charge on any atom is -0.475 e. The van der Waals surface area contributed by atoms with Gasteiger partial charge in [-0.25, -0.2) is 4.98 Å². The van der Waals surface area contributed by atoms with Gasteiger partial charge in [-0.05, 0) is 58.0 Å². The van der Waals surface area contributed by atoms with Gasteiger partial charge in [0.15, 0.2) is 0 Å². The number of hydrogen-bond acceptors (Lipinski definition) is 7. The van der Waals surface area contributed by atoms with Crippen molar-refractivity contribution in [3.05, 3.63) is 58.3 Å². The minimum atomic E-state index is -4.63. The van der Waals surface area contributed by atoms with E-state index in [4.69, 9.17) is 21.3 Å². The Morgan fingerprint density at radius 1 is 1.26 bits per heavy atom. The third-order valence-corrected chi connectivity index (χ3v) is 8.82. The average Bonchev–Trinajstić information content (AvgIpc) is 3.37. The summed E-state index contributed by atoms with van der Waals surface area (Å²) in [5.41, 5.74) is 1.51. The number of likely N-dealkylation sites (tertiary alicyclic amines) is 1. The maximum absolute atomic E-state index is 14.0. The summed E-state index contributed by atoms with van der Waals surface area (Å²) in [5, 5.41) is 10.0. The number of piperazine rings is 1. The highest BCUT2D eigenvalue weighted by Gasteiger charge is 2.39. The van der Waals surface area contributed by atoms with Crippen LogP contribution in [-0.2, 0) is 23.9 Å². The molecule has 0 spiro atoms. The predicted molar refractivity (Wildman–Crippen MR) is 155 cm³/mol. The number of alkyl halides is 3.